The van der Waals surface area contributed by atoms with Gasteiger partial charge in [0.2, 0.25) is 0 Å². The molecule has 4 aromatic rings. The zero-order valence-corrected chi connectivity index (χ0v) is 17.1. The topological polar surface area (TPSA) is 104 Å². The molecule has 1 aliphatic rings. The fourth-order valence-corrected chi connectivity index (χ4v) is 4.36. The van der Waals surface area contributed by atoms with Gasteiger partial charge in [0.15, 0.2) is 0 Å². The Hall–Kier alpha value is -4.13. The first kappa shape index (κ1) is 19.8. The molecule has 0 fully saturated rings. The molecule has 3 aromatic carbocycles. The number of hydrogen-bond donors (Lipinski definition) is 3. The summed E-state index contributed by atoms with van der Waals surface area (Å²) in [5.74, 6) is -1.23. The Labute approximate surface area is 184 Å². The standard InChI is InChI=1S/C25H21N3O4/c29-24(30)23(13-22-19-11-5-6-12-21(19)27-28-22)26-25(31)32-14-20-17-9-3-1-7-15(17)16-8-2-4-10-18(16)20/h1-12,20,23H,13-14H2,(H,26,31)(H,27,28)(H,29,30)/t23-/m1/s1. The van der Waals surface area contributed by atoms with Crippen LogP contribution in [0.4, 0.5) is 4.79 Å². The number of para-hydroxylation sites is 1. The monoisotopic (exact) mass is 427 g/mol. The fraction of sp³-hybridized carbons (Fsp3) is 0.160. The summed E-state index contributed by atoms with van der Waals surface area (Å²) in [4.78, 5) is 24.3. The second-order valence-corrected chi connectivity index (χ2v) is 7.78. The maximum absolute atomic E-state index is 12.5. The molecule has 1 amide bonds. The van der Waals surface area contributed by atoms with Crippen molar-refractivity contribution in [2.24, 2.45) is 0 Å². The van der Waals surface area contributed by atoms with Crippen molar-refractivity contribution < 1.29 is 19.4 Å². The summed E-state index contributed by atoms with van der Waals surface area (Å²) in [5, 5.41) is 20.0. The quantitative estimate of drug-likeness (QED) is 0.430. The van der Waals surface area contributed by atoms with E-state index in [-0.39, 0.29) is 18.9 Å². The molecule has 7 nitrogen and oxygen atoms in total. The van der Waals surface area contributed by atoms with E-state index >= 15 is 0 Å². The lowest BCUT2D eigenvalue weighted by Crippen LogP contribution is -2.43. The molecular formula is C25H21N3O4. The lowest BCUT2D eigenvalue weighted by molar-refractivity contribution is -0.139. The van der Waals surface area contributed by atoms with E-state index in [1.807, 2.05) is 60.7 Å². The minimum absolute atomic E-state index is 0.0695. The summed E-state index contributed by atoms with van der Waals surface area (Å²) >= 11 is 0. The number of nitrogens with zero attached hydrogens (tertiary/aromatic N) is 1. The number of amides is 1. The highest BCUT2D eigenvalue weighted by molar-refractivity contribution is 5.84. The molecule has 5 rings (SSSR count). The van der Waals surface area contributed by atoms with Crippen LogP contribution in [0.2, 0.25) is 0 Å². The summed E-state index contributed by atoms with van der Waals surface area (Å²) < 4.78 is 5.49. The van der Waals surface area contributed by atoms with Gasteiger partial charge in [0.05, 0.1) is 5.52 Å². The van der Waals surface area contributed by atoms with Gasteiger partial charge in [-0.05, 0) is 28.3 Å². The van der Waals surface area contributed by atoms with Crippen LogP contribution in [-0.4, -0.2) is 40.0 Å². The van der Waals surface area contributed by atoms with Gasteiger partial charge in [0.25, 0.3) is 0 Å². The number of H-pyrrole nitrogens is 1. The van der Waals surface area contributed by atoms with E-state index in [0.717, 1.165) is 33.2 Å². The Morgan fingerprint density at radius 1 is 0.969 bits per heavy atom. The number of alkyl carbamates (subject to hydrolysis) is 1. The van der Waals surface area contributed by atoms with Crippen LogP contribution in [0, 0.1) is 0 Å². The maximum Gasteiger partial charge on any atom is 0.407 e. The van der Waals surface area contributed by atoms with Gasteiger partial charge in [-0.3, -0.25) is 5.10 Å². The minimum Gasteiger partial charge on any atom is -0.480 e. The van der Waals surface area contributed by atoms with Crippen molar-refractivity contribution in [1.82, 2.24) is 15.5 Å². The number of aromatic amines is 1. The maximum atomic E-state index is 12.5. The summed E-state index contributed by atoms with van der Waals surface area (Å²) in [6.45, 7) is 0.124. The Bertz CT molecular complexity index is 1270. The average molecular weight is 427 g/mol. The first-order valence-corrected chi connectivity index (χ1v) is 10.4. The van der Waals surface area contributed by atoms with Crippen LogP contribution in [-0.2, 0) is 16.0 Å². The molecule has 0 spiro atoms. The van der Waals surface area contributed by atoms with E-state index in [1.165, 1.54) is 0 Å². The number of carbonyl (C=O) groups is 2. The van der Waals surface area contributed by atoms with Crippen molar-refractivity contribution in [3.8, 4) is 11.1 Å². The van der Waals surface area contributed by atoms with Gasteiger partial charge in [-0.15, -0.1) is 0 Å². The van der Waals surface area contributed by atoms with Crippen molar-refractivity contribution in [2.75, 3.05) is 6.61 Å². The number of aliphatic carboxylic acids is 1. The van der Waals surface area contributed by atoms with Gasteiger partial charge in [-0.25, -0.2) is 9.59 Å². The molecule has 1 atom stereocenters. The molecule has 0 radical (unpaired) electrons. The Morgan fingerprint density at radius 3 is 2.28 bits per heavy atom. The number of carboxylic acids is 1. The second kappa shape index (κ2) is 8.19. The van der Waals surface area contributed by atoms with E-state index in [9.17, 15) is 14.7 Å². The number of hydrogen-bond acceptors (Lipinski definition) is 4. The average Bonchev–Trinajstić information content (AvgIpc) is 3.36. The van der Waals surface area contributed by atoms with Crippen LogP contribution in [0.1, 0.15) is 22.7 Å². The Kier molecular flexibility index (Phi) is 5.07. The number of benzene rings is 3. The van der Waals surface area contributed by atoms with Crippen LogP contribution in [0.5, 0.6) is 0 Å². The first-order chi connectivity index (χ1) is 15.6. The number of aromatic nitrogens is 2. The summed E-state index contributed by atoms with van der Waals surface area (Å²) in [6.07, 6.45) is -0.692. The van der Waals surface area contributed by atoms with E-state index in [2.05, 4.69) is 27.6 Å². The Morgan fingerprint density at radius 2 is 1.59 bits per heavy atom. The van der Waals surface area contributed by atoms with Crippen molar-refractivity contribution in [3.05, 3.63) is 89.6 Å². The largest absolute Gasteiger partial charge is 0.480 e. The highest BCUT2D eigenvalue weighted by Crippen LogP contribution is 2.44. The molecule has 0 saturated heterocycles. The van der Waals surface area contributed by atoms with Crippen LogP contribution >= 0.6 is 0 Å². The van der Waals surface area contributed by atoms with E-state index in [1.54, 1.807) is 0 Å². The lowest BCUT2D eigenvalue weighted by atomic mass is 9.98. The van der Waals surface area contributed by atoms with E-state index in [0.29, 0.717) is 5.69 Å². The van der Waals surface area contributed by atoms with Crippen molar-refractivity contribution in [1.29, 1.82) is 0 Å². The predicted octanol–water partition coefficient (Wildman–Crippen LogP) is 4.10. The lowest BCUT2D eigenvalue weighted by Gasteiger charge is -2.17. The van der Waals surface area contributed by atoms with Crippen molar-refractivity contribution in [2.45, 2.75) is 18.4 Å². The zero-order chi connectivity index (χ0) is 22.1. The fourth-order valence-electron chi connectivity index (χ4n) is 4.36. The summed E-state index contributed by atoms with van der Waals surface area (Å²) in [7, 11) is 0. The first-order valence-electron chi connectivity index (χ1n) is 10.4. The van der Waals surface area contributed by atoms with Crippen molar-refractivity contribution in [3.63, 3.8) is 0 Å². The normalized spacial score (nSPS) is 13.4. The minimum atomic E-state index is -1.14. The van der Waals surface area contributed by atoms with Crippen LogP contribution in [0.25, 0.3) is 22.0 Å². The molecule has 32 heavy (non-hydrogen) atoms. The SMILES string of the molecule is O=C(N[C@H](Cc1[nH]nc2ccccc12)C(=O)O)OCC1c2ccccc2-c2ccccc21. The molecule has 0 bridgehead atoms. The number of carbonyl (C=O) groups excluding carboxylic acids is 1. The van der Waals surface area contributed by atoms with Crippen molar-refractivity contribution >= 4 is 23.0 Å². The molecule has 160 valence electrons. The number of rotatable bonds is 6. The molecule has 0 unspecified atom stereocenters. The van der Waals surface area contributed by atoms with Crippen LogP contribution < -0.4 is 5.32 Å². The van der Waals surface area contributed by atoms with E-state index in [4.69, 9.17) is 4.74 Å². The molecular weight excluding hydrogens is 406 g/mol. The smallest absolute Gasteiger partial charge is 0.407 e. The number of carboxylic acid groups (broad SMARTS) is 1. The third-order valence-corrected chi connectivity index (χ3v) is 5.88. The molecule has 1 aromatic heterocycles. The molecule has 3 N–H and O–H groups in total. The van der Waals surface area contributed by atoms with Gasteiger partial charge in [0, 0.05) is 23.4 Å². The molecule has 0 saturated carbocycles. The Balaban J connectivity index is 1.28. The molecule has 1 heterocycles. The number of fused-ring (bicyclic) bond motifs is 4. The second-order valence-electron chi connectivity index (χ2n) is 7.78. The number of nitrogens with one attached hydrogen (secondary N) is 2. The molecule has 0 aliphatic heterocycles. The highest BCUT2D eigenvalue weighted by atomic mass is 16.5. The molecule has 1 aliphatic carbocycles. The van der Waals surface area contributed by atoms with Crippen LogP contribution in [0.3, 0.4) is 0 Å². The van der Waals surface area contributed by atoms with Gasteiger partial charge < -0.3 is 15.2 Å². The van der Waals surface area contributed by atoms with Gasteiger partial charge in [-0.1, -0.05) is 66.7 Å². The number of ether oxygens (including phenoxy) is 1. The summed E-state index contributed by atoms with van der Waals surface area (Å²) in [6, 6.07) is 22.4. The van der Waals surface area contributed by atoms with Gasteiger partial charge >= 0.3 is 12.1 Å². The van der Waals surface area contributed by atoms with Gasteiger partial charge in [0.1, 0.15) is 12.6 Å². The molecule has 7 heteroatoms. The van der Waals surface area contributed by atoms with Crippen LogP contribution in [0.15, 0.2) is 72.8 Å². The zero-order valence-electron chi connectivity index (χ0n) is 17.1. The third kappa shape index (κ3) is 3.58. The predicted molar refractivity (Wildman–Crippen MR) is 119 cm³/mol. The third-order valence-electron chi connectivity index (χ3n) is 5.88. The summed E-state index contributed by atoms with van der Waals surface area (Å²) in [5.41, 5.74) is 5.85. The highest BCUT2D eigenvalue weighted by Gasteiger charge is 2.30. The van der Waals surface area contributed by atoms with Gasteiger partial charge in [-0.2, -0.15) is 5.10 Å². The van der Waals surface area contributed by atoms with E-state index < -0.39 is 18.1 Å².